The smallest absolute Gasteiger partial charge is 0.130 e. The van der Waals surface area contributed by atoms with Crippen LogP contribution in [0.3, 0.4) is 0 Å². The highest BCUT2D eigenvalue weighted by molar-refractivity contribution is 6.06. The molecule has 2 atom stereocenters. The molecule has 0 amide bonds. The van der Waals surface area contributed by atoms with Crippen LogP contribution in [-0.4, -0.2) is 17.9 Å². The summed E-state index contributed by atoms with van der Waals surface area (Å²) in [5.74, 6) is 0.794. The van der Waals surface area contributed by atoms with Crippen molar-refractivity contribution in [1.82, 2.24) is 5.32 Å². The number of aliphatic imine (C=N–C) groups is 1. The minimum Gasteiger partial charge on any atom is -0.507 e. The standard InChI is InChI=1S/C22H20N2O2/c1-26-17-12-13-18(19(25)14-17)22-23-20(15-8-4-2-5-9-15)21(24-22)16-10-6-3-7-11-16/h2-14,20,22-23,25H,1H3. The van der Waals surface area contributed by atoms with Gasteiger partial charge in [-0.15, -0.1) is 0 Å². The summed E-state index contributed by atoms with van der Waals surface area (Å²) in [6, 6.07) is 25.6. The molecule has 2 N–H and O–H groups in total. The first-order chi connectivity index (χ1) is 12.8. The summed E-state index contributed by atoms with van der Waals surface area (Å²) >= 11 is 0. The summed E-state index contributed by atoms with van der Waals surface area (Å²) in [6.45, 7) is 0. The molecule has 3 aromatic rings. The van der Waals surface area contributed by atoms with Crippen LogP contribution < -0.4 is 10.1 Å². The number of ether oxygens (including phenoxy) is 1. The Balaban J connectivity index is 1.75. The van der Waals surface area contributed by atoms with E-state index in [-0.39, 0.29) is 18.0 Å². The Hall–Kier alpha value is -3.11. The number of hydrogen-bond acceptors (Lipinski definition) is 4. The van der Waals surface area contributed by atoms with Gasteiger partial charge in [-0.25, -0.2) is 0 Å². The zero-order valence-electron chi connectivity index (χ0n) is 14.5. The molecule has 4 rings (SSSR count). The number of nitrogens with zero attached hydrogens (tertiary/aromatic N) is 1. The molecule has 4 heteroatoms. The van der Waals surface area contributed by atoms with Crippen molar-refractivity contribution < 1.29 is 9.84 Å². The van der Waals surface area contributed by atoms with Gasteiger partial charge in [0.05, 0.1) is 18.9 Å². The number of hydrogen-bond donors (Lipinski definition) is 2. The van der Waals surface area contributed by atoms with E-state index in [4.69, 9.17) is 9.73 Å². The minimum absolute atomic E-state index is 0.0369. The molecule has 26 heavy (non-hydrogen) atoms. The molecule has 1 aliphatic rings. The van der Waals surface area contributed by atoms with Gasteiger partial charge in [0.25, 0.3) is 0 Å². The third-order valence-electron chi connectivity index (χ3n) is 4.60. The molecule has 1 aliphatic heterocycles. The van der Waals surface area contributed by atoms with Crippen LogP contribution in [0.5, 0.6) is 11.5 Å². The Morgan fingerprint density at radius 1 is 0.923 bits per heavy atom. The largest absolute Gasteiger partial charge is 0.507 e. The average Bonchev–Trinajstić information content (AvgIpc) is 3.14. The van der Waals surface area contributed by atoms with E-state index in [1.54, 1.807) is 13.2 Å². The minimum atomic E-state index is -0.318. The second kappa shape index (κ2) is 7.02. The highest BCUT2D eigenvalue weighted by Crippen LogP contribution is 2.36. The van der Waals surface area contributed by atoms with Crippen LogP contribution in [0.4, 0.5) is 0 Å². The van der Waals surface area contributed by atoms with Gasteiger partial charge in [0.2, 0.25) is 0 Å². The number of rotatable bonds is 4. The Bertz CT molecular complexity index is 923. The molecule has 0 saturated carbocycles. The SMILES string of the molecule is COc1ccc(C2N=C(c3ccccc3)C(c3ccccc3)N2)c(O)c1. The molecular formula is C22H20N2O2. The van der Waals surface area contributed by atoms with Crippen molar-refractivity contribution in [2.45, 2.75) is 12.2 Å². The monoisotopic (exact) mass is 344 g/mol. The van der Waals surface area contributed by atoms with E-state index in [2.05, 4.69) is 29.6 Å². The van der Waals surface area contributed by atoms with Crippen molar-refractivity contribution in [2.75, 3.05) is 7.11 Å². The summed E-state index contributed by atoms with van der Waals surface area (Å²) in [4.78, 5) is 4.91. The van der Waals surface area contributed by atoms with Gasteiger partial charge >= 0.3 is 0 Å². The summed E-state index contributed by atoms with van der Waals surface area (Å²) < 4.78 is 5.18. The van der Waals surface area contributed by atoms with E-state index >= 15 is 0 Å². The van der Waals surface area contributed by atoms with Crippen molar-refractivity contribution in [3.8, 4) is 11.5 Å². The van der Waals surface area contributed by atoms with Gasteiger partial charge in [-0.05, 0) is 23.3 Å². The predicted molar refractivity (Wildman–Crippen MR) is 103 cm³/mol. The fourth-order valence-corrected chi connectivity index (χ4v) is 3.28. The quantitative estimate of drug-likeness (QED) is 0.744. The van der Waals surface area contributed by atoms with Crippen molar-refractivity contribution in [3.63, 3.8) is 0 Å². The lowest BCUT2D eigenvalue weighted by Crippen LogP contribution is -2.24. The number of phenolic OH excluding ortho intramolecular Hbond substituents is 1. The van der Waals surface area contributed by atoms with Crippen molar-refractivity contribution >= 4 is 5.71 Å². The number of aromatic hydroxyl groups is 1. The van der Waals surface area contributed by atoms with Crippen LogP contribution >= 0.6 is 0 Å². The van der Waals surface area contributed by atoms with Crippen LogP contribution in [0.1, 0.15) is 28.9 Å². The molecule has 2 unspecified atom stereocenters. The van der Waals surface area contributed by atoms with Crippen molar-refractivity contribution in [1.29, 1.82) is 0 Å². The Kier molecular flexibility index (Phi) is 4.42. The van der Waals surface area contributed by atoms with Crippen LogP contribution in [0.25, 0.3) is 0 Å². The molecule has 0 bridgehead atoms. The van der Waals surface area contributed by atoms with Crippen LogP contribution in [0.15, 0.2) is 83.9 Å². The lowest BCUT2D eigenvalue weighted by atomic mass is 9.97. The van der Waals surface area contributed by atoms with Gasteiger partial charge in [0.1, 0.15) is 17.7 Å². The molecule has 0 aliphatic carbocycles. The molecule has 0 aromatic heterocycles. The maximum absolute atomic E-state index is 10.4. The first-order valence-corrected chi connectivity index (χ1v) is 8.57. The lowest BCUT2D eigenvalue weighted by Gasteiger charge is -2.17. The van der Waals surface area contributed by atoms with Crippen LogP contribution in [0, 0.1) is 0 Å². The fraction of sp³-hybridized carbons (Fsp3) is 0.136. The number of phenols is 1. The van der Waals surface area contributed by atoms with E-state index in [0.29, 0.717) is 5.75 Å². The van der Waals surface area contributed by atoms with E-state index < -0.39 is 0 Å². The van der Waals surface area contributed by atoms with Gasteiger partial charge in [-0.3, -0.25) is 10.3 Å². The fourth-order valence-electron chi connectivity index (χ4n) is 3.28. The predicted octanol–water partition coefficient (Wildman–Crippen LogP) is 4.23. The third-order valence-corrected chi connectivity index (χ3v) is 4.60. The second-order valence-corrected chi connectivity index (χ2v) is 6.22. The molecule has 1 heterocycles. The van der Waals surface area contributed by atoms with Gasteiger partial charge < -0.3 is 9.84 Å². The topological polar surface area (TPSA) is 53.8 Å². The Morgan fingerprint density at radius 3 is 2.27 bits per heavy atom. The van der Waals surface area contributed by atoms with E-state index in [0.717, 1.165) is 22.4 Å². The summed E-state index contributed by atoms with van der Waals surface area (Å²) in [7, 11) is 1.58. The first-order valence-electron chi connectivity index (χ1n) is 8.57. The van der Waals surface area contributed by atoms with Gasteiger partial charge in [-0.2, -0.15) is 0 Å². The average molecular weight is 344 g/mol. The summed E-state index contributed by atoms with van der Waals surface area (Å²) in [6.07, 6.45) is -0.318. The van der Waals surface area contributed by atoms with Crippen LogP contribution in [0.2, 0.25) is 0 Å². The van der Waals surface area contributed by atoms with Crippen molar-refractivity contribution in [2.24, 2.45) is 4.99 Å². The maximum atomic E-state index is 10.4. The molecular weight excluding hydrogens is 324 g/mol. The number of nitrogens with one attached hydrogen (secondary N) is 1. The van der Waals surface area contributed by atoms with Gasteiger partial charge in [0, 0.05) is 11.6 Å². The highest BCUT2D eigenvalue weighted by atomic mass is 16.5. The summed E-state index contributed by atoms with van der Waals surface area (Å²) in [5, 5.41) is 14.0. The molecule has 0 saturated heterocycles. The highest BCUT2D eigenvalue weighted by Gasteiger charge is 2.31. The van der Waals surface area contributed by atoms with E-state index in [1.807, 2.05) is 48.5 Å². The van der Waals surface area contributed by atoms with Crippen LogP contribution in [-0.2, 0) is 0 Å². The van der Waals surface area contributed by atoms with E-state index in [9.17, 15) is 5.11 Å². The van der Waals surface area contributed by atoms with E-state index in [1.165, 1.54) is 0 Å². The molecule has 4 nitrogen and oxygen atoms in total. The van der Waals surface area contributed by atoms with Crippen molar-refractivity contribution in [3.05, 3.63) is 95.6 Å². The molecule has 0 spiro atoms. The molecule has 130 valence electrons. The van der Waals surface area contributed by atoms with Gasteiger partial charge in [0.15, 0.2) is 0 Å². The summed E-state index contributed by atoms with van der Waals surface area (Å²) in [5.41, 5.74) is 3.92. The Morgan fingerprint density at radius 2 is 1.62 bits per heavy atom. The van der Waals surface area contributed by atoms with Gasteiger partial charge in [-0.1, -0.05) is 60.7 Å². The number of methoxy groups -OCH3 is 1. The maximum Gasteiger partial charge on any atom is 0.130 e. The Labute approximate surface area is 152 Å². The molecule has 0 radical (unpaired) electrons. The second-order valence-electron chi connectivity index (χ2n) is 6.22. The zero-order chi connectivity index (χ0) is 17.9. The normalized spacial score (nSPS) is 19.2. The first kappa shape index (κ1) is 16.4. The zero-order valence-corrected chi connectivity index (χ0v) is 14.5. The molecule has 3 aromatic carbocycles. The third kappa shape index (κ3) is 3.07. The molecule has 0 fully saturated rings. The number of benzene rings is 3. The lowest BCUT2D eigenvalue weighted by molar-refractivity contribution is 0.404.